The van der Waals surface area contributed by atoms with Gasteiger partial charge in [-0.05, 0) is 24.6 Å². The summed E-state index contributed by atoms with van der Waals surface area (Å²) < 4.78 is 7.35. The Bertz CT molecular complexity index is 719. The number of thiol groups is 1. The molecule has 96 valence electrons. The molecule has 19 heavy (non-hydrogen) atoms. The number of nitrogens with zero attached hydrogens (tertiary/aromatic N) is 3. The Hall–Kier alpha value is -2.01. The Labute approximate surface area is 116 Å². The summed E-state index contributed by atoms with van der Waals surface area (Å²) in [6.45, 7) is 2.00. The van der Waals surface area contributed by atoms with E-state index in [-0.39, 0.29) is 0 Å². The van der Waals surface area contributed by atoms with Gasteiger partial charge in [-0.15, -0.1) is 12.6 Å². The minimum atomic E-state index is 0.750. The average molecular weight is 271 g/mol. The zero-order valence-electron chi connectivity index (χ0n) is 10.7. The standard InChI is InChI=1S/C14H13N3OS/c1-9-3-4-10(13(18-2)14(9)19)11-7-17-8-15-6-5-12(17)16-11/h3-8,19H,1-2H3. The van der Waals surface area contributed by atoms with Crippen molar-refractivity contribution in [3.05, 3.63) is 42.5 Å². The van der Waals surface area contributed by atoms with Gasteiger partial charge in [0.1, 0.15) is 17.7 Å². The first kappa shape index (κ1) is 12.0. The maximum atomic E-state index is 5.47. The second kappa shape index (κ2) is 4.59. The molecule has 0 radical (unpaired) electrons. The molecule has 0 bridgehead atoms. The van der Waals surface area contributed by atoms with Gasteiger partial charge < -0.3 is 4.74 Å². The van der Waals surface area contributed by atoms with E-state index >= 15 is 0 Å². The molecule has 3 rings (SSSR count). The number of aryl methyl sites for hydroxylation is 1. The van der Waals surface area contributed by atoms with E-state index in [0.29, 0.717) is 0 Å². The van der Waals surface area contributed by atoms with Gasteiger partial charge in [0.25, 0.3) is 0 Å². The minimum Gasteiger partial charge on any atom is -0.495 e. The Morgan fingerprint density at radius 3 is 2.84 bits per heavy atom. The number of hydrogen-bond donors (Lipinski definition) is 1. The van der Waals surface area contributed by atoms with Crippen LogP contribution in [0.15, 0.2) is 41.8 Å². The van der Waals surface area contributed by atoms with Crippen LogP contribution in [0, 0.1) is 6.92 Å². The number of aromatic nitrogens is 3. The Balaban J connectivity index is 2.23. The number of ether oxygens (including phenoxy) is 1. The van der Waals surface area contributed by atoms with Crippen molar-refractivity contribution >= 4 is 18.3 Å². The highest BCUT2D eigenvalue weighted by Gasteiger charge is 2.13. The van der Waals surface area contributed by atoms with Gasteiger partial charge in [0.05, 0.1) is 12.8 Å². The maximum absolute atomic E-state index is 5.47. The van der Waals surface area contributed by atoms with Crippen LogP contribution in [0.5, 0.6) is 5.75 Å². The molecular formula is C14H13N3OS. The predicted molar refractivity (Wildman–Crippen MR) is 77.0 cm³/mol. The number of imidazole rings is 1. The van der Waals surface area contributed by atoms with Crippen molar-refractivity contribution in [2.45, 2.75) is 11.8 Å². The molecular weight excluding hydrogens is 258 g/mol. The van der Waals surface area contributed by atoms with Crippen molar-refractivity contribution in [2.75, 3.05) is 7.11 Å². The largest absolute Gasteiger partial charge is 0.495 e. The Kier molecular flexibility index (Phi) is 2.91. The van der Waals surface area contributed by atoms with Crippen LogP contribution in [-0.2, 0) is 0 Å². The van der Waals surface area contributed by atoms with E-state index in [4.69, 9.17) is 4.74 Å². The fraction of sp³-hybridized carbons (Fsp3) is 0.143. The highest BCUT2D eigenvalue weighted by Crippen LogP contribution is 2.36. The zero-order valence-corrected chi connectivity index (χ0v) is 11.6. The third-order valence-electron chi connectivity index (χ3n) is 3.07. The Morgan fingerprint density at radius 1 is 1.26 bits per heavy atom. The van der Waals surface area contributed by atoms with Gasteiger partial charge in [-0.2, -0.15) is 0 Å². The first-order valence-electron chi connectivity index (χ1n) is 5.86. The van der Waals surface area contributed by atoms with Crippen LogP contribution in [-0.4, -0.2) is 21.5 Å². The summed E-state index contributed by atoms with van der Waals surface area (Å²) in [6, 6.07) is 5.89. The van der Waals surface area contributed by atoms with E-state index in [2.05, 4.69) is 22.6 Å². The van der Waals surface area contributed by atoms with Crippen LogP contribution < -0.4 is 4.74 Å². The van der Waals surface area contributed by atoms with Crippen molar-refractivity contribution in [2.24, 2.45) is 0 Å². The molecule has 0 unspecified atom stereocenters. The summed E-state index contributed by atoms with van der Waals surface area (Å²) in [7, 11) is 1.65. The lowest BCUT2D eigenvalue weighted by atomic mass is 10.1. The summed E-state index contributed by atoms with van der Waals surface area (Å²) >= 11 is 4.50. The molecule has 0 aliphatic carbocycles. The SMILES string of the molecule is COc1c(-c2cn3cnccc3n2)ccc(C)c1S. The number of fused-ring (bicyclic) bond motifs is 1. The van der Waals surface area contributed by atoms with Crippen molar-refractivity contribution in [3.8, 4) is 17.0 Å². The molecule has 0 N–H and O–H groups in total. The van der Waals surface area contributed by atoms with E-state index in [0.717, 1.165) is 33.1 Å². The fourth-order valence-corrected chi connectivity index (χ4v) is 2.34. The molecule has 0 aliphatic rings. The van der Waals surface area contributed by atoms with Crippen molar-refractivity contribution in [1.82, 2.24) is 14.4 Å². The first-order valence-corrected chi connectivity index (χ1v) is 6.31. The quantitative estimate of drug-likeness (QED) is 0.728. The molecule has 0 amide bonds. The van der Waals surface area contributed by atoms with E-state index < -0.39 is 0 Å². The van der Waals surface area contributed by atoms with Crippen LogP contribution in [0.1, 0.15) is 5.56 Å². The van der Waals surface area contributed by atoms with Gasteiger partial charge in [-0.25, -0.2) is 9.97 Å². The van der Waals surface area contributed by atoms with E-state index in [1.54, 1.807) is 19.6 Å². The van der Waals surface area contributed by atoms with Crippen molar-refractivity contribution in [3.63, 3.8) is 0 Å². The van der Waals surface area contributed by atoms with Gasteiger partial charge >= 0.3 is 0 Å². The summed E-state index contributed by atoms with van der Waals surface area (Å²) in [5.74, 6) is 0.750. The van der Waals surface area contributed by atoms with Crippen LogP contribution in [0.25, 0.3) is 16.9 Å². The molecule has 0 aliphatic heterocycles. The molecule has 4 nitrogen and oxygen atoms in total. The lowest BCUT2D eigenvalue weighted by Gasteiger charge is -2.10. The third kappa shape index (κ3) is 1.96. The monoisotopic (exact) mass is 271 g/mol. The predicted octanol–water partition coefficient (Wildman–Crippen LogP) is 3.00. The molecule has 2 aromatic heterocycles. The zero-order chi connectivity index (χ0) is 13.4. The number of methoxy groups -OCH3 is 1. The first-order chi connectivity index (χ1) is 9.20. The number of rotatable bonds is 2. The fourth-order valence-electron chi connectivity index (χ4n) is 2.05. The Morgan fingerprint density at radius 2 is 2.11 bits per heavy atom. The second-order valence-corrected chi connectivity index (χ2v) is 4.73. The highest BCUT2D eigenvalue weighted by atomic mass is 32.1. The molecule has 0 saturated carbocycles. The molecule has 0 saturated heterocycles. The lowest BCUT2D eigenvalue weighted by molar-refractivity contribution is 0.406. The van der Waals surface area contributed by atoms with E-state index in [1.807, 2.05) is 35.7 Å². The summed E-state index contributed by atoms with van der Waals surface area (Å²) in [6.07, 6.45) is 5.39. The maximum Gasteiger partial charge on any atom is 0.141 e. The topological polar surface area (TPSA) is 39.4 Å². The van der Waals surface area contributed by atoms with Crippen LogP contribution >= 0.6 is 12.6 Å². The second-order valence-electron chi connectivity index (χ2n) is 4.28. The summed E-state index contributed by atoms with van der Waals surface area (Å²) in [4.78, 5) is 9.48. The van der Waals surface area contributed by atoms with Crippen LogP contribution in [0.2, 0.25) is 0 Å². The van der Waals surface area contributed by atoms with Crippen molar-refractivity contribution in [1.29, 1.82) is 0 Å². The molecule has 0 fully saturated rings. The smallest absolute Gasteiger partial charge is 0.141 e. The van der Waals surface area contributed by atoms with E-state index in [1.165, 1.54) is 0 Å². The molecule has 5 heteroatoms. The average Bonchev–Trinajstić information content (AvgIpc) is 2.85. The van der Waals surface area contributed by atoms with Crippen LogP contribution in [0.4, 0.5) is 0 Å². The van der Waals surface area contributed by atoms with Gasteiger partial charge in [0.2, 0.25) is 0 Å². The minimum absolute atomic E-state index is 0.750. The van der Waals surface area contributed by atoms with E-state index in [9.17, 15) is 0 Å². The molecule has 1 aromatic carbocycles. The van der Waals surface area contributed by atoms with Crippen molar-refractivity contribution < 1.29 is 4.74 Å². The summed E-state index contributed by atoms with van der Waals surface area (Å²) in [5, 5.41) is 0. The van der Waals surface area contributed by atoms with Gasteiger partial charge in [-0.3, -0.25) is 4.40 Å². The lowest BCUT2D eigenvalue weighted by Crippen LogP contribution is -1.91. The normalized spacial score (nSPS) is 10.9. The van der Waals surface area contributed by atoms with Crippen LogP contribution in [0.3, 0.4) is 0 Å². The molecule has 3 aromatic rings. The molecule has 0 atom stereocenters. The van der Waals surface area contributed by atoms with Gasteiger partial charge in [0, 0.05) is 22.9 Å². The highest BCUT2D eigenvalue weighted by molar-refractivity contribution is 7.80. The molecule has 2 heterocycles. The molecule has 0 spiro atoms. The number of hydrogen-bond acceptors (Lipinski definition) is 4. The van der Waals surface area contributed by atoms with Gasteiger partial charge in [-0.1, -0.05) is 6.07 Å². The van der Waals surface area contributed by atoms with Gasteiger partial charge in [0.15, 0.2) is 0 Å². The number of benzene rings is 1. The third-order valence-corrected chi connectivity index (χ3v) is 3.63. The summed E-state index contributed by atoms with van der Waals surface area (Å²) in [5.41, 5.74) is 3.71.